The zero-order chi connectivity index (χ0) is 22.6. The predicted octanol–water partition coefficient (Wildman–Crippen LogP) is 2.72. The van der Waals surface area contributed by atoms with Crippen LogP contribution in [0.4, 0.5) is 11.6 Å². The van der Waals surface area contributed by atoms with Gasteiger partial charge in [-0.3, -0.25) is 13.9 Å². The second kappa shape index (κ2) is 7.40. The molecule has 8 nitrogen and oxygen atoms in total. The molecule has 0 N–H and O–H groups in total. The van der Waals surface area contributed by atoms with Gasteiger partial charge < -0.3 is 14.2 Å². The number of imidazole rings is 1. The maximum Gasteiger partial charge on any atom is 0.332 e. The summed E-state index contributed by atoms with van der Waals surface area (Å²) in [5, 5.41) is 0. The molecule has 0 saturated heterocycles. The molecule has 0 bridgehead atoms. The lowest BCUT2D eigenvalue weighted by Gasteiger charge is -2.19. The summed E-state index contributed by atoms with van der Waals surface area (Å²) in [6.45, 7) is 5.49. The van der Waals surface area contributed by atoms with E-state index in [1.165, 1.54) is 9.13 Å². The third kappa shape index (κ3) is 2.94. The summed E-state index contributed by atoms with van der Waals surface area (Å²) in [6.07, 6.45) is 0. The van der Waals surface area contributed by atoms with Crippen molar-refractivity contribution in [2.75, 3.05) is 18.6 Å². The Hall–Kier alpha value is -3.81. The number of fused-ring (bicyclic) bond motifs is 3. The van der Waals surface area contributed by atoms with Gasteiger partial charge in [-0.05, 0) is 42.7 Å². The fraction of sp³-hybridized carbons (Fsp3) is 0.292. The molecule has 4 aromatic rings. The van der Waals surface area contributed by atoms with Crippen molar-refractivity contribution >= 4 is 22.8 Å². The second-order valence-corrected chi connectivity index (χ2v) is 8.22. The Morgan fingerprint density at radius 3 is 2.59 bits per heavy atom. The van der Waals surface area contributed by atoms with E-state index in [9.17, 15) is 9.59 Å². The van der Waals surface area contributed by atoms with Gasteiger partial charge in [0, 0.05) is 20.1 Å². The lowest BCUT2D eigenvalue weighted by molar-refractivity contribution is 0.415. The summed E-state index contributed by atoms with van der Waals surface area (Å²) >= 11 is 0. The third-order valence-electron chi connectivity index (χ3n) is 6.22. The maximum absolute atomic E-state index is 13.5. The number of ether oxygens (including phenoxy) is 1. The van der Waals surface area contributed by atoms with Crippen molar-refractivity contribution in [1.29, 1.82) is 0 Å². The first-order valence-corrected chi connectivity index (χ1v) is 10.6. The van der Waals surface area contributed by atoms with Gasteiger partial charge in [-0.25, -0.2) is 4.79 Å². The van der Waals surface area contributed by atoms with Gasteiger partial charge in [0.2, 0.25) is 5.95 Å². The maximum atomic E-state index is 13.5. The fourth-order valence-electron chi connectivity index (χ4n) is 4.41. The van der Waals surface area contributed by atoms with E-state index in [1.54, 1.807) is 14.2 Å². The first-order valence-electron chi connectivity index (χ1n) is 10.6. The minimum absolute atomic E-state index is 0.226. The number of anilines is 2. The molecule has 2 aromatic heterocycles. The lowest BCUT2D eigenvalue weighted by Crippen LogP contribution is -2.40. The Morgan fingerprint density at radius 2 is 1.84 bits per heavy atom. The molecule has 32 heavy (non-hydrogen) atoms. The van der Waals surface area contributed by atoms with Crippen molar-refractivity contribution in [3.8, 4) is 5.75 Å². The molecule has 0 radical (unpaired) electrons. The molecule has 8 heteroatoms. The number of hydrogen-bond acceptors (Lipinski definition) is 5. The Balaban J connectivity index is 1.70. The molecule has 1 aliphatic rings. The van der Waals surface area contributed by atoms with Crippen LogP contribution in [0.5, 0.6) is 5.75 Å². The van der Waals surface area contributed by atoms with Gasteiger partial charge >= 0.3 is 5.69 Å². The number of nitrogens with zero attached hydrogens (tertiary/aromatic N) is 5. The van der Waals surface area contributed by atoms with Crippen LogP contribution in [-0.2, 0) is 20.1 Å². The van der Waals surface area contributed by atoms with E-state index in [4.69, 9.17) is 9.72 Å². The van der Waals surface area contributed by atoms with Crippen molar-refractivity contribution < 1.29 is 4.74 Å². The van der Waals surface area contributed by atoms with Crippen molar-refractivity contribution in [2.24, 2.45) is 7.05 Å². The van der Waals surface area contributed by atoms with Crippen LogP contribution in [0.25, 0.3) is 11.2 Å². The monoisotopic (exact) mass is 431 g/mol. The summed E-state index contributed by atoms with van der Waals surface area (Å²) in [4.78, 5) is 33.4. The van der Waals surface area contributed by atoms with Gasteiger partial charge in [-0.1, -0.05) is 30.3 Å². The first-order chi connectivity index (χ1) is 15.4. The molecule has 0 fully saturated rings. The van der Waals surface area contributed by atoms with Gasteiger partial charge in [-0.2, -0.15) is 4.98 Å². The summed E-state index contributed by atoms with van der Waals surface area (Å²) in [7, 11) is 3.31. The highest BCUT2D eigenvalue weighted by Crippen LogP contribution is 2.37. The molecule has 0 saturated carbocycles. The predicted molar refractivity (Wildman–Crippen MR) is 124 cm³/mol. The molecular weight excluding hydrogens is 406 g/mol. The third-order valence-corrected chi connectivity index (χ3v) is 6.22. The average molecular weight is 431 g/mol. The van der Waals surface area contributed by atoms with Crippen LogP contribution in [-0.4, -0.2) is 32.3 Å². The molecular formula is C24H25N5O3. The van der Waals surface area contributed by atoms with E-state index in [2.05, 4.69) is 0 Å². The number of rotatable bonds is 4. The summed E-state index contributed by atoms with van der Waals surface area (Å²) in [5.41, 5.74) is 4.13. The second-order valence-electron chi connectivity index (χ2n) is 8.22. The van der Waals surface area contributed by atoms with Crippen LogP contribution >= 0.6 is 0 Å². The Labute approximate surface area is 184 Å². The Kier molecular flexibility index (Phi) is 4.65. The Bertz CT molecular complexity index is 1480. The highest BCUT2D eigenvalue weighted by atomic mass is 16.5. The van der Waals surface area contributed by atoms with Crippen LogP contribution in [0.15, 0.2) is 52.1 Å². The van der Waals surface area contributed by atoms with Gasteiger partial charge in [0.1, 0.15) is 5.75 Å². The quantitative estimate of drug-likeness (QED) is 0.497. The molecule has 3 heterocycles. The van der Waals surface area contributed by atoms with Crippen LogP contribution < -0.4 is 20.9 Å². The molecule has 5 rings (SSSR count). The van der Waals surface area contributed by atoms with Gasteiger partial charge in [0.05, 0.1) is 19.3 Å². The standard InChI is InChI=1S/C24H25N5O3/c1-15-9-10-19(32-4)18(13-15)27-11-12-28-20-21(25-23(27)28)26(3)24(31)29(22(20)30)14-17-8-6-5-7-16(17)2/h5-10,13H,11-12,14H2,1-4H3. The SMILES string of the molecule is COc1ccc(C)cc1N1CCn2c1nc1c2c(=O)n(Cc2ccccc2C)c(=O)n1C. The van der Waals surface area contributed by atoms with Crippen molar-refractivity contribution in [3.63, 3.8) is 0 Å². The van der Waals surface area contributed by atoms with E-state index in [1.807, 2.05) is 65.8 Å². The molecule has 0 unspecified atom stereocenters. The smallest absolute Gasteiger partial charge is 0.332 e. The Morgan fingerprint density at radius 1 is 1.06 bits per heavy atom. The van der Waals surface area contributed by atoms with Gasteiger partial charge in [-0.15, -0.1) is 0 Å². The average Bonchev–Trinajstić information content (AvgIpc) is 3.36. The minimum atomic E-state index is -0.373. The zero-order valence-corrected chi connectivity index (χ0v) is 18.6. The van der Waals surface area contributed by atoms with Crippen LogP contribution in [0, 0.1) is 13.8 Å². The molecule has 0 aliphatic carbocycles. The van der Waals surface area contributed by atoms with Gasteiger partial charge in [0.15, 0.2) is 11.2 Å². The van der Waals surface area contributed by atoms with E-state index in [0.717, 1.165) is 28.1 Å². The molecule has 0 spiro atoms. The highest BCUT2D eigenvalue weighted by Gasteiger charge is 2.30. The van der Waals surface area contributed by atoms with Crippen molar-refractivity contribution in [2.45, 2.75) is 26.9 Å². The number of benzene rings is 2. The number of aromatic nitrogens is 4. The molecule has 1 aliphatic heterocycles. The normalized spacial score (nSPS) is 13.1. The number of aryl methyl sites for hydroxylation is 3. The summed E-state index contributed by atoms with van der Waals surface area (Å²) in [6, 6.07) is 13.8. The fourth-order valence-corrected chi connectivity index (χ4v) is 4.41. The number of hydrogen-bond donors (Lipinski definition) is 0. The van der Waals surface area contributed by atoms with Gasteiger partial charge in [0.25, 0.3) is 5.56 Å². The summed E-state index contributed by atoms with van der Waals surface area (Å²) in [5.74, 6) is 1.38. The topological polar surface area (TPSA) is 74.3 Å². The minimum Gasteiger partial charge on any atom is -0.495 e. The van der Waals surface area contributed by atoms with Crippen molar-refractivity contribution in [3.05, 3.63) is 80.0 Å². The number of methoxy groups -OCH3 is 1. The van der Waals surface area contributed by atoms with E-state index >= 15 is 0 Å². The van der Waals surface area contributed by atoms with Crippen LogP contribution in [0.2, 0.25) is 0 Å². The largest absolute Gasteiger partial charge is 0.495 e. The lowest BCUT2D eigenvalue weighted by atomic mass is 10.1. The highest BCUT2D eigenvalue weighted by molar-refractivity contribution is 5.79. The van der Waals surface area contributed by atoms with E-state index < -0.39 is 0 Å². The molecule has 0 amide bonds. The molecule has 0 atom stereocenters. The molecule has 164 valence electrons. The molecule has 2 aromatic carbocycles. The van der Waals surface area contributed by atoms with Crippen LogP contribution in [0.1, 0.15) is 16.7 Å². The first kappa shape index (κ1) is 20.1. The van der Waals surface area contributed by atoms with E-state index in [0.29, 0.717) is 30.2 Å². The summed E-state index contributed by atoms with van der Waals surface area (Å²) < 4.78 is 10.2. The van der Waals surface area contributed by atoms with E-state index in [-0.39, 0.29) is 17.8 Å². The van der Waals surface area contributed by atoms with Crippen molar-refractivity contribution in [1.82, 2.24) is 18.7 Å². The zero-order valence-electron chi connectivity index (χ0n) is 18.6. The van der Waals surface area contributed by atoms with Crippen LogP contribution in [0.3, 0.4) is 0 Å².